The third kappa shape index (κ3) is 10.4. The van der Waals surface area contributed by atoms with E-state index in [-0.39, 0.29) is 41.6 Å². The van der Waals surface area contributed by atoms with E-state index in [4.69, 9.17) is 0 Å². The van der Waals surface area contributed by atoms with Crippen molar-refractivity contribution in [3.05, 3.63) is 98.7 Å². The number of carboxylic acid groups (broad SMARTS) is 1. The fourth-order valence-electron chi connectivity index (χ4n) is 6.54. The van der Waals surface area contributed by atoms with Gasteiger partial charge in [-0.2, -0.15) is 0 Å². The van der Waals surface area contributed by atoms with Gasteiger partial charge >= 0.3 is 11.0 Å². The summed E-state index contributed by atoms with van der Waals surface area (Å²) in [5.41, 5.74) is 3.91. The summed E-state index contributed by atoms with van der Waals surface area (Å²) in [4.78, 5) is 55.9. The number of carbonyl (C=O) groups is 3. The van der Waals surface area contributed by atoms with Crippen LogP contribution in [-0.4, -0.2) is 81.7 Å². The minimum atomic E-state index is -1.06. The summed E-state index contributed by atoms with van der Waals surface area (Å²) in [5, 5.41) is 26.5. The van der Waals surface area contributed by atoms with Crippen LogP contribution in [-0.2, 0) is 24.2 Å². The number of benzene rings is 3. The average molecular weight is 702 g/mol. The average Bonchev–Trinajstić information content (AvgIpc) is 3.33. The molecule has 4 aromatic rings. The van der Waals surface area contributed by atoms with Crippen LogP contribution in [0.4, 0.5) is 4.79 Å². The Morgan fingerprint density at radius 2 is 1.58 bits per heavy atom. The number of phenols is 1. The van der Waals surface area contributed by atoms with Crippen molar-refractivity contribution in [2.45, 2.75) is 70.4 Å². The second kappa shape index (κ2) is 18.4. The highest BCUT2D eigenvalue weighted by Gasteiger charge is 2.26. The molecule has 266 valence electrons. The van der Waals surface area contributed by atoms with Gasteiger partial charge in [0.05, 0.1) is 4.70 Å². The van der Waals surface area contributed by atoms with Gasteiger partial charge in [-0.1, -0.05) is 85.6 Å². The Balaban J connectivity index is 1.09. The largest absolute Gasteiger partial charge is 0.506 e. The van der Waals surface area contributed by atoms with Crippen LogP contribution in [0.5, 0.6) is 5.75 Å². The number of aromatic nitrogens is 1. The van der Waals surface area contributed by atoms with Gasteiger partial charge in [-0.15, -0.1) is 0 Å². The van der Waals surface area contributed by atoms with Crippen molar-refractivity contribution >= 4 is 39.5 Å². The lowest BCUT2D eigenvalue weighted by molar-refractivity contribution is -0.134. The van der Waals surface area contributed by atoms with Crippen molar-refractivity contribution in [2.75, 3.05) is 32.7 Å². The molecule has 1 heterocycles. The number of phenolic OH excluding ortho intramolecular Hbond substituents is 1. The number of amides is 3. The molecule has 1 fully saturated rings. The number of fused-ring (bicyclic) bond motifs is 1. The minimum absolute atomic E-state index is 0.0148. The molecule has 11 nitrogen and oxygen atoms in total. The van der Waals surface area contributed by atoms with Gasteiger partial charge in [0, 0.05) is 50.7 Å². The lowest BCUT2D eigenvalue weighted by Crippen LogP contribution is -2.46. The third-order valence-corrected chi connectivity index (χ3v) is 10.3. The fraction of sp³-hybridized carbons (Fsp3) is 0.421. The van der Waals surface area contributed by atoms with Crippen LogP contribution in [0, 0.1) is 0 Å². The van der Waals surface area contributed by atoms with E-state index in [1.807, 2.05) is 59.5 Å². The normalized spacial score (nSPS) is 13.5. The molecule has 5 N–H and O–H groups in total. The summed E-state index contributed by atoms with van der Waals surface area (Å²) >= 11 is 0.997. The van der Waals surface area contributed by atoms with E-state index < -0.39 is 6.09 Å². The van der Waals surface area contributed by atoms with E-state index in [9.17, 15) is 29.4 Å². The van der Waals surface area contributed by atoms with Gasteiger partial charge in [0.25, 0.3) is 5.91 Å². The molecule has 1 aromatic heterocycles. The molecule has 0 atom stereocenters. The second-order valence-electron chi connectivity index (χ2n) is 12.8. The zero-order valence-electron chi connectivity index (χ0n) is 28.4. The zero-order valence-corrected chi connectivity index (χ0v) is 29.2. The molecule has 50 heavy (non-hydrogen) atoms. The molecule has 1 aliphatic rings. The smallest absolute Gasteiger partial charge is 0.407 e. The van der Waals surface area contributed by atoms with Gasteiger partial charge in [0.2, 0.25) is 5.91 Å². The number of nitrogens with one attached hydrogen (secondary N) is 3. The van der Waals surface area contributed by atoms with Crippen molar-refractivity contribution in [1.29, 1.82) is 0 Å². The molecule has 3 amide bonds. The summed E-state index contributed by atoms with van der Waals surface area (Å²) in [7, 11) is 0. The molecule has 1 aliphatic carbocycles. The number of thiazole rings is 1. The zero-order chi connectivity index (χ0) is 35.3. The fourth-order valence-corrected chi connectivity index (χ4v) is 7.43. The number of aromatic amines is 1. The summed E-state index contributed by atoms with van der Waals surface area (Å²) < 4.78 is 0.627. The molecule has 0 unspecified atom stereocenters. The van der Waals surface area contributed by atoms with E-state index in [1.165, 1.54) is 11.0 Å². The molecule has 0 bridgehead atoms. The van der Waals surface area contributed by atoms with Crippen molar-refractivity contribution < 1.29 is 24.6 Å². The highest BCUT2D eigenvalue weighted by molar-refractivity contribution is 7.16. The molecular weight excluding hydrogens is 655 g/mol. The summed E-state index contributed by atoms with van der Waals surface area (Å²) in [5.74, 6) is -0.103. The Morgan fingerprint density at radius 3 is 2.30 bits per heavy atom. The first-order valence-corrected chi connectivity index (χ1v) is 18.3. The highest BCUT2D eigenvalue weighted by atomic mass is 32.1. The van der Waals surface area contributed by atoms with Crippen LogP contribution in [0.2, 0.25) is 0 Å². The van der Waals surface area contributed by atoms with E-state index in [2.05, 4.69) is 15.6 Å². The molecule has 1 saturated carbocycles. The molecule has 5 rings (SSSR count). The van der Waals surface area contributed by atoms with Crippen molar-refractivity contribution in [2.24, 2.45) is 0 Å². The highest BCUT2D eigenvalue weighted by Crippen LogP contribution is 2.28. The Morgan fingerprint density at radius 1 is 0.840 bits per heavy atom. The Bertz CT molecular complexity index is 1770. The quantitative estimate of drug-likeness (QED) is 0.0761. The molecule has 0 radical (unpaired) electrons. The first kappa shape index (κ1) is 36.6. The second-order valence-corrected chi connectivity index (χ2v) is 13.8. The third-order valence-electron chi connectivity index (χ3n) is 9.38. The summed E-state index contributed by atoms with van der Waals surface area (Å²) in [6.07, 6.45) is 6.64. The maximum Gasteiger partial charge on any atom is 0.407 e. The van der Waals surface area contributed by atoms with E-state index in [1.54, 1.807) is 6.07 Å². The minimum Gasteiger partial charge on any atom is -0.506 e. The van der Waals surface area contributed by atoms with E-state index in [0.717, 1.165) is 73.0 Å². The van der Waals surface area contributed by atoms with Crippen LogP contribution >= 0.6 is 11.3 Å². The Kier molecular flexibility index (Phi) is 13.4. The van der Waals surface area contributed by atoms with E-state index >= 15 is 0 Å². The molecule has 0 saturated heterocycles. The number of hydrogen-bond donors (Lipinski definition) is 5. The van der Waals surface area contributed by atoms with Gasteiger partial charge in [-0.25, -0.2) is 4.79 Å². The topological polar surface area (TPSA) is 155 Å². The van der Waals surface area contributed by atoms with Crippen LogP contribution in [0.15, 0.2) is 71.5 Å². The maximum atomic E-state index is 13.6. The van der Waals surface area contributed by atoms with Crippen molar-refractivity contribution in [3.8, 4) is 5.75 Å². The standard InChI is InChI=1S/C38H47N5O6S/c44-32-17-16-29(35-34(32)41-37(47)50-35)20-23-42(38(48)49)24-25-43(31-10-6-1-2-7-11-31)33(45)19-22-39-21-18-27-12-14-30(15-13-27)36(46)40-26-28-8-4-3-5-9-28/h3-5,8-9,12-17,31,39,44H,1-2,6-7,10-11,18-26H2,(H,40,46)(H,41,47)(H,48,49). The number of rotatable bonds is 16. The van der Waals surface area contributed by atoms with Crippen molar-refractivity contribution in [3.63, 3.8) is 0 Å². The van der Waals surface area contributed by atoms with Gasteiger partial charge < -0.3 is 35.6 Å². The lowest BCUT2D eigenvalue weighted by atomic mass is 10.1. The van der Waals surface area contributed by atoms with Gasteiger partial charge in [-0.3, -0.25) is 14.4 Å². The van der Waals surface area contributed by atoms with Crippen molar-refractivity contribution in [1.82, 2.24) is 25.4 Å². The number of carbonyl (C=O) groups excluding carboxylic acids is 2. The number of hydrogen-bond acceptors (Lipinski definition) is 7. The van der Waals surface area contributed by atoms with Gasteiger partial charge in [-0.05, 0) is 67.1 Å². The summed E-state index contributed by atoms with van der Waals surface area (Å²) in [6, 6.07) is 20.7. The molecule has 0 spiro atoms. The Hall–Kier alpha value is -4.68. The molecule has 12 heteroatoms. The number of H-pyrrole nitrogens is 1. The van der Waals surface area contributed by atoms with Crippen LogP contribution in [0.1, 0.15) is 72.0 Å². The van der Waals surface area contributed by atoms with E-state index in [0.29, 0.717) is 54.8 Å². The first-order valence-electron chi connectivity index (χ1n) is 17.5. The first-order chi connectivity index (χ1) is 24.3. The summed E-state index contributed by atoms with van der Waals surface area (Å²) in [6.45, 7) is 2.39. The number of aromatic hydroxyl groups is 1. The van der Waals surface area contributed by atoms with Gasteiger partial charge in [0.1, 0.15) is 11.3 Å². The Labute approximate surface area is 296 Å². The van der Waals surface area contributed by atoms with Crippen LogP contribution < -0.4 is 15.5 Å². The monoisotopic (exact) mass is 701 g/mol. The lowest BCUT2D eigenvalue weighted by Gasteiger charge is -2.33. The van der Waals surface area contributed by atoms with Crippen LogP contribution in [0.25, 0.3) is 10.2 Å². The maximum absolute atomic E-state index is 13.6. The van der Waals surface area contributed by atoms with Crippen LogP contribution in [0.3, 0.4) is 0 Å². The SMILES string of the molecule is O=C(NCc1ccccc1)c1ccc(CCNCCC(=O)N(CCN(CCc2ccc(O)c3[nH]c(=O)sc23)C(=O)O)C2CCCCCC2)cc1. The van der Waals surface area contributed by atoms with Gasteiger partial charge in [0.15, 0.2) is 0 Å². The number of nitrogens with zero attached hydrogens (tertiary/aromatic N) is 2. The predicted molar refractivity (Wildman–Crippen MR) is 196 cm³/mol. The molecular formula is C38H47N5O6S. The predicted octanol–water partition coefficient (Wildman–Crippen LogP) is 5.52. The molecule has 3 aromatic carbocycles. The molecule has 0 aliphatic heterocycles.